The number of carbonyl (C=O) groups excluding carboxylic acids is 2. The van der Waals surface area contributed by atoms with Crippen LogP contribution in [0.15, 0.2) is 0 Å². The molecule has 0 bridgehead atoms. The van der Waals surface area contributed by atoms with Gasteiger partial charge < -0.3 is 10.1 Å². The minimum absolute atomic E-state index is 0.160. The van der Waals surface area contributed by atoms with Crippen molar-refractivity contribution in [1.29, 1.82) is 0 Å². The van der Waals surface area contributed by atoms with Gasteiger partial charge in [0.25, 0.3) is 0 Å². The molecular weight excluding hydrogens is 250 g/mol. The van der Waals surface area contributed by atoms with E-state index < -0.39 is 0 Å². The van der Waals surface area contributed by atoms with Gasteiger partial charge in [0, 0.05) is 11.8 Å². The zero-order chi connectivity index (χ0) is 13.3. The van der Waals surface area contributed by atoms with E-state index in [9.17, 15) is 9.59 Å². The van der Waals surface area contributed by atoms with E-state index in [1.165, 1.54) is 30.2 Å². The highest BCUT2D eigenvalue weighted by Crippen LogP contribution is 2.39. The minimum atomic E-state index is -0.356. The fourth-order valence-electron chi connectivity index (χ4n) is 2.32. The van der Waals surface area contributed by atoms with Gasteiger partial charge in [-0.2, -0.15) is 0 Å². The van der Waals surface area contributed by atoms with Crippen LogP contribution < -0.4 is 5.32 Å². The number of fused-ring (bicyclic) bond motifs is 1. The Kier molecular flexibility index (Phi) is 3.71. The van der Waals surface area contributed by atoms with Crippen LogP contribution in [-0.2, 0) is 22.4 Å². The Morgan fingerprint density at radius 1 is 1.44 bits per heavy atom. The van der Waals surface area contributed by atoms with Gasteiger partial charge >= 0.3 is 5.97 Å². The first-order valence-corrected chi connectivity index (χ1v) is 6.85. The third-order valence-corrected chi connectivity index (χ3v) is 4.36. The number of esters is 1. The van der Waals surface area contributed by atoms with E-state index in [2.05, 4.69) is 12.2 Å². The molecule has 5 heteroatoms. The van der Waals surface area contributed by atoms with Crippen molar-refractivity contribution in [2.75, 3.05) is 12.4 Å². The molecule has 0 fully saturated rings. The van der Waals surface area contributed by atoms with Crippen LogP contribution in [0.5, 0.6) is 0 Å². The van der Waals surface area contributed by atoms with E-state index in [4.69, 9.17) is 4.74 Å². The topological polar surface area (TPSA) is 55.4 Å². The van der Waals surface area contributed by atoms with Crippen molar-refractivity contribution in [1.82, 2.24) is 0 Å². The number of hydrogen-bond donors (Lipinski definition) is 1. The highest BCUT2D eigenvalue weighted by atomic mass is 32.1. The van der Waals surface area contributed by atoms with Crippen LogP contribution in [0.25, 0.3) is 0 Å². The Labute approximate surface area is 110 Å². The summed E-state index contributed by atoms with van der Waals surface area (Å²) in [5.74, 6) is 0.115. The van der Waals surface area contributed by atoms with Gasteiger partial charge in [-0.3, -0.25) is 4.79 Å². The molecule has 1 N–H and O–H groups in total. The van der Waals surface area contributed by atoms with Crippen molar-refractivity contribution in [2.24, 2.45) is 5.92 Å². The summed E-state index contributed by atoms with van der Waals surface area (Å²) in [6.45, 7) is 3.65. The zero-order valence-electron chi connectivity index (χ0n) is 10.8. The van der Waals surface area contributed by atoms with Gasteiger partial charge in [-0.25, -0.2) is 4.79 Å². The second-order valence-electron chi connectivity index (χ2n) is 4.73. The molecule has 98 valence electrons. The van der Waals surface area contributed by atoms with Gasteiger partial charge in [0.05, 0.1) is 12.7 Å². The Morgan fingerprint density at radius 3 is 2.78 bits per heavy atom. The lowest BCUT2D eigenvalue weighted by Gasteiger charge is -2.18. The molecule has 2 rings (SSSR count). The van der Waals surface area contributed by atoms with Gasteiger partial charge in [-0.1, -0.05) is 6.92 Å². The summed E-state index contributed by atoms with van der Waals surface area (Å²) in [5, 5.41) is 3.37. The number of thiophene rings is 1. The summed E-state index contributed by atoms with van der Waals surface area (Å²) >= 11 is 1.50. The average molecular weight is 267 g/mol. The first kappa shape index (κ1) is 13.1. The maximum absolute atomic E-state index is 11.9. The molecule has 1 aliphatic rings. The van der Waals surface area contributed by atoms with Gasteiger partial charge in [0.15, 0.2) is 0 Å². The van der Waals surface area contributed by atoms with E-state index in [-0.39, 0.29) is 11.9 Å². The fraction of sp³-hybridized carbons (Fsp3) is 0.538. The molecule has 1 unspecified atom stereocenters. The van der Waals surface area contributed by atoms with Crippen LogP contribution in [0.2, 0.25) is 0 Å². The molecule has 1 atom stereocenters. The largest absolute Gasteiger partial charge is 0.465 e. The predicted molar refractivity (Wildman–Crippen MR) is 71.2 cm³/mol. The van der Waals surface area contributed by atoms with Crippen LogP contribution in [0.1, 0.15) is 41.1 Å². The van der Waals surface area contributed by atoms with Crippen LogP contribution in [0.4, 0.5) is 5.00 Å². The zero-order valence-corrected chi connectivity index (χ0v) is 11.6. The maximum Gasteiger partial charge on any atom is 0.341 e. The molecule has 18 heavy (non-hydrogen) atoms. The Hall–Kier alpha value is -1.36. The standard InChI is InChI=1S/C13H17NO3S/c1-7-4-5-9-10(6-7)18-12(14-8(2)15)11(9)13(16)17-3/h7H,4-6H2,1-3H3,(H,14,15). The summed E-state index contributed by atoms with van der Waals surface area (Å²) in [6, 6.07) is 0. The SMILES string of the molecule is COC(=O)c1c(NC(C)=O)sc2c1CCC(C)C2. The number of carbonyl (C=O) groups is 2. The van der Waals surface area contributed by atoms with Gasteiger partial charge in [0.2, 0.25) is 5.91 Å². The first-order chi connectivity index (χ1) is 8.52. The molecule has 1 aromatic rings. The molecule has 0 spiro atoms. The molecule has 0 saturated heterocycles. The lowest BCUT2D eigenvalue weighted by atomic mass is 9.88. The highest BCUT2D eigenvalue weighted by Gasteiger charge is 2.28. The lowest BCUT2D eigenvalue weighted by Crippen LogP contribution is -2.14. The van der Waals surface area contributed by atoms with Gasteiger partial charge in [-0.15, -0.1) is 11.3 Å². The van der Waals surface area contributed by atoms with Gasteiger partial charge in [0.1, 0.15) is 5.00 Å². The molecule has 0 saturated carbocycles. The van der Waals surface area contributed by atoms with Gasteiger partial charge in [-0.05, 0) is 30.7 Å². The number of anilines is 1. The van der Waals surface area contributed by atoms with Crippen molar-refractivity contribution in [3.8, 4) is 0 Å². The van der Waals surface area contributed by atoms with Crippen molar-refractivity contribution < 1.29 is 14.3 Å². The second-order valence-corrected chi connectivity index (χ2v) is 5.83. The number of hydrogen-bond acceptors (Lipinski definition) is 4. The molecule has 1 amide bonds. The molecule has 4 nitrogen and oxygen atoms in total. The number of ether oxygens (including phenoxy) is 1. The van der Waals surface area contributed by atoms with Crippen molar-refractivity contribution >= 4 is 28.2 Å². The molecular formula is C13H17NO3S. The normalized spacial score (nSPS) is 18.1. The third-order valence-electron chi connectivity index (χ3n) is 3.19. The monoisotopic (exact) mass is 267 g/mol. The number of nitrogens with one attached hydrogen (secondary N) is 1. The minimum Gasteiger partial charge on any atom is -0.465 e. The van der Waals surface area contributed by atoms with E-state index in [1.807, 2.05) is 0 Å². The number of amides is 1. The Bertz CT molecular complexity index is 493. The van der Waals surface area contributed by atoms with E-state index in [0.717, 1.165) is 24.8 Å². The maximum atomic E-state index is 11.9. The summed E-state index contributed by atoms with van der Waals surface area (Å²) in [6.07, 6.45) is 2.94. The summed E-state index contributed by atoms with van der Waals surface area (Å²) in [7, 11) is 1.37. The van der Waals surface area contributed by atoms with Crippen molar-refractivity contribution in [3.05, 3.63) is 16.0 Å². The van der Waals surface area contributed by atoms with Crippen LogP contribution in [0, 0.1) is 5.92 Å². The molecule has 0 aliphatic heterocycles. The van der Waals surface area contributed by atoms with Crippen LogP contribution in [-0.4, -0.2) is 19.0 Å². The molecule has 0 radical (unpaired) electrons. The molecule has 0 aromatic carbocycles. The smallest absolute Gasteiger partial charge is 0.341 e. The molecule has 1 aromatic heterocycles. The second kappa shape index (κ2) is 5.10. The predicted octanol–water partition coefficient (Wildman–Crippen LogP) is 2.62. The van der Waals surface area contributed by atoms with E-state index in [1.54, 1.807) is 0 Å². The van der Waals surface area contributed by atoms with E-state index >= 15 is 0 Å². The van der Waals surface area contributed by atoms with Crippen LogP contribution in [0.3, 0.4) is 0 Å². The number of methoxy groups -OCH3 is 1. The lowest BCUT2D eigenvalue weighted by molar-refractivity contribution is -0.114. The first-order valence-electron chi connectivity index (χ1n) is 6.03. The summed E-state index contributed by atoms with van der Waals surface area (Å²) in [5.41, 5.74) is 1.62. The average Bonchev–Trinajstić information content (AvgIpc) is 2.64. The van der Waals surface area contributed by atoms with Crippen LogP contribution >= 0.6 is 11.3 Å². The quantitative estimate of drug-likeness (QED) is 0.838. The Morgan fingerprint density at radius 2 is 2.17 bits per heavy atom. The molecule has 1 aliphatic carbocycles. The van der Waals surface area contributed by atoms with Crippen molar-refractivity contribution in [3.63, 3.8) is 0 Å². The van der Waals surface area contributed by atoms with E-state index in [0.29, 0.717) is 16.5 Å². The third kappa shape index (κ3) is 2.41. The van der Waals surface area contributed by atoms with Crippen molar-refractivity contribution in [2.45, 2.75) is 33.1 Å². The Balaban J connectivity index is 2.45. The highest BCUT2D eigenvalue weighted by molar-refractivity contribution is 7.17. The molecule has 1 heterocycles. The number of rotatable bonds is 2. The summed E-state index contributed by atoms with van der Waals surface area (Å²) in [4.78, 5) is 24.3. The summed E-state index contributed by atoms with van der Waals surface area (Å²) < 4.78 is 4.83. The fourth-order valence-corrected chi connectivity index (χ4v) is 3.76.